The second-order valence-electron chi connectivity index (χ2n) is 6.97. The zero-order valence-electron chi connectivity index (χ0n) is 17.0. The van der Waals surface area contributed by atoms with Crippen molar-refractivity contribution < 1.29 is 14.3 Å². The van der Waals surface area contributed by atoms with Crippen molar-refractivity contribution in [2.75, 3.05) is 24.3 Å². The third-order valence-corrected chi connectivity index (χ3v) is 5.70. The van der Waals surface area contributed by atoms with Gasteiger partial charge in [0.1, 0.15) is 18.2 Å². The summed E-state index contributed by atoms with van der Waals surface area (Å²) in [4.78, 5) is 16.4. The number of hydrogen-bond donors (Lipinski definition) is 1. The Balaban J connectivity index is 1.16. The van der Waals surface area contributed by atoms with E-state index in [0.717, 1.165) is 16.9 Å². The number of carbonyl (C=O) groups is 1. The highest BCUT2D eigenvalue weighted by Gasteiger charge is 2.13. The van der Waals surface area contributed by atoms with Crippen LogP contribution in [-0.2, 0) is 4.79 Å². The summed E-state index contributed by atoms with van der Waals surface area (Å²) >= 11 is 1.33. The average Bonchev–Trinajstić information content (AvgIpc) is 3.38. The first-order valence-electron chi connectivity index (χ1n) is 9.99. The van der Waals surface area contributed by atoms with Gasteiger partial charge in [0.2, 0.25) is 5.91 Å². The van der Waals surface area contributed by atoms with Crippen LogP contribution in [-0.4, -0.2) is 44.6 Å². The monoisotopic (exact) mass is 445 g/mol. The number of ether oxygens (including phenoxy) is 2. The molecule has 0 unspecified atom stereocenters. The van der Waals surface area contributed by atoms with Crippen LogP contribution < -0.4 is 14.8 Å². The molecule has 5 rings (SSSR count). The molecule has 0 aliphatic carbocycles. The average molecular weight is 446 g/mol. The van der Waals surface area contributed by atoms with Crippen LogP contribution in [0.15, 0.2) is 78.3 Å². The minimum atomic E-state index is -0.132. The van der Waals surface area contributed by atoms with Crippen LogP contribution in [0.5, 0.6) is 11.5 Å². The van der Waals surface area contributed by atoms with Gasteiger partial charge in [0.25, 0.3) is 0 Å². The van der Waals surface area contributed by atoms with E-state index in [-0.39, 0.29) is 11.7 Å². The highest BCUT2D eigenvalue weighted by Crippen LogP contribution is 2.32. The fraction of sp³-hybridized carbons (Fsp3) is 0.130. The molecular weight excluding hydrogens is 426 g/mol. The van der Waals surface area contributed by atoms with Gasteiger partial charge in [0, 0.05) is 35.4 Å². The summed E-state index contributed by atoms with van der Waals surface area (Å²) in [5.74, 6) is 1.42. The Morgan fingerprint density at radius 3 is 2.59 bits per heavy atom. The third-order valence-electron chi connectivity index (χ3n) is 4.78. The summed E-state index contributed by atoms with van der Waals surface area (Å²) in [5.41, 5.74) is 3.43. The van der Waals surface area contributed by atoms with Crippen LogP contribution >= 0.6 is 11.8 Å². The number of nitrogens with one attached hydrogen (secondary N) is 1. The van der Waals surface area contributed by atoms with Crippen molar-refractivity contribution in [3.8, 4) is 28.4 Å². The van der Waals surface area contributed by atoms with E-state index in [1.165, 1.54) is 11.8 Å². The minimum absolute atomic E-state index is 0.132. The molecule has 0 fully saturated rings. The van der Waals surface area contributed by atoms with E-state index < -0.39 is 0 Å². The summed E-state index contributed by atoms with van der Waals surface area (Å²) in [7, 11) is 0. The Hall–Kier alpha value is -3.85. The molecule has 0 bridgehead atoms. The van der Waals surface area contributed by atoms with Gasteiger partial charge in [-0.3, -0.25) is 4.79 Å². The van der Waals surface area contributed by atoms with Crippen molar-refractivity contribution >= 4 is 23.4 Å². The second-order valence-corrected chi connectivity index (χ2v) is 7.96. The second kappa shape index (κ2) is 9.11. The van der Waals surface area contributed by atoms with E-state index in [4.69, 9.17) is 9.47 Å². The first-order valence-corrected chi connectivity index (χ1v) is 11.0. The number of rotatable bonds is 6. The summed E-state index contributed by atoms with van der Waals surface area (Å²) in [6.45, 7) is 1.04. The largest absolute Gasteiger partial charge is 0.486 e. The third kappa shape index (κ3) is 4.57. The Morgan fingerprint density at radius 2 is 1.84 bits per heavy atom. The lowest BCUT2D eigenvalue weighted by molar-refractivity contribution is -0.113. The molecule has 0 atom stereocenters. The standard InChI is InChI=1S/C23H19N5O3S/c29-22(25-17-3-7-20-21(13-17)31-12-11-30-20)14-32-23-8-6-19(26-27-23)16-1-4-18(5-2-16)28-10-9-24-15-28/h1-10,13,15H,11-12,14H2,(H,25,29). The van der Waals surface area contributed by atoms with Crippen LogP contribution in [0.3, 0.4) is 0 Å². The molecule has 1 aliphatic heterocycles. The summed E-state index contributed by atoms with van der Waals surface area (Å²) < 4.78 is 13.0. The molecule has 2 aromatic heterocycles. The Morgan fingerprint density at radius 1 is 1.00 bits per heavy atom. The highest BCUT2D eigenvalue weighted by atomic mass is 32.2. The Kier molecular flexibility index (Phi) is 5.71. The summed E-state index contributed by atoms with van der Waals surface area (Å²) in [5, 5.41) is 12.1. The van der Waals surface area contributed by atoms with Crippen molar-refractivity contribution in [3.63, 3.8) is 0 Å². The van der Waals surface area contributed by atoms with E-state index in [1.54, 1.807) is 30.7 Å². The van der Waals surface area contributed by atoms with Gasteiger partial charge in [0.05, 0.1) is 17.8 Å². The molecule has 160 valence electrons. The number of hydrogen-bond acceptors (Lipinski definition) is 7. The van der Waals surface area contributed by atoms with E-state index in [2.05, 4.69) is 20.5 Å². The number of amides is 1. The maximum atomic E-state index is 12.3. The SMILES string of the molecule is O=C(CSc1ccc(-c2ccc(-n3ccnc3)cc2)nn1)Nc1ccc2c(c1)OCCO2. The van der Waals surface area contributed by atoms with Crippen LogP contribution in [0, 0.1) is 0 Å². The van der Waals surface area contributed by atoms with Gasteiger partial charge in [-0.25, -0.2) is 4.98 Å². The van der Waals surface area contributed by atoms with E-state index in [9.17, 15) is 4.79 Å². The fourth-order valence-electron chi connectivity index (χ4n) is 3.22. The predicted molar refractivity (Wildman–Crippen MR) is 121 cm³/mol. The molecule has 9 heteroatoms. The van der Waals surface area contributed by atoms with E-state index in [0.29, 0.717) is 35.4 Å². The maximum absolute atomic E-state index is 12.3. The molecule has 3 heterocycles. The molecule has 0 saturated heterocycles. The highest BCUT2D eigenvalue weighted by molar-refractivity contribution is 7.99. The Bertz CT molecular complexity index is 1210. The number of nitrogens with zero attached hydrogens (tertiary/aromatic N) is 4. The number of carbonyl (C=O) groups excluding carboxylic acids is 1. The molecule has 32 heavy (non-hydrogen) atoms. The van der Waals surface area contributed by atoms with Gasteiger partial charge in [-0.2, -0.15) is 0 Å². The summed E-state index contributed by atoms with van der Waals surface area (Å²) in [6, 6.07) is 17.1. The first-order chi connectivity index (χ1) is 15.7. The van der Waals surface area contributed by atoms with Crippen LogP contribution in [0.1, 0.15) is 0 Å². The first kappa shape index (κ1) is 20.1. The van der Waals surface area contributed by atoms with Gasteiger partial charge in [-0.15, -0.1) is 10.2 Å². The molecule has 0 spiro atoms. The molecule has 8 nitrogen and oxygen atoms in total. The smallest absolute Gasteiger partial charge is 0.234 e. The zero-order chi connectivity index (χ0) is 21.8. The fourth-order valence-corrected chi connectivity index (χ4v) is 3.84. The lowest BCUT2D eigenvalue weighted by Gasteiger charge is -2.18. The van der Waals surface area contributed by atoms with Gasteiger partial charge in [-0.1, -0.05) is 23.9 Å². The van der Waals surface area contributed by atoms with Crippen LogP contribution in [0.2, 0.25) is 0 Å². The number of thioether (sulfide) groups is 1. The molecule has 0 radical (unpaired) electrons. The molecule has 1 aliphatic rings. The maximum Gasteiger partial charge on any atom is 0.234 e. The van der Waals surface area contributed by atoms with Crippen molar-refractivity contribution in [1.82, 2.24) is 19.7 Å². The molecule has 0 saturated carbocycles. The number of fused-ring (bicyclic) bond motifs is 1. The Labute approximate surface area is 188 Å². The van der Waals surface area contributed by atoms with Crippen LogP contribution in [0.4, 0.5) is 5.69 Å². The van der Waals surface area contributed by atoms with E-state index >= 15 is 0 Å². The lowest BCUT2D eigenvalue weighted by Crippen LogP contribution is -2.17. The molecule has 1 N–H and O–H groups in total. The zero-order valence-corrected chi connectivity index (χ0v) is 17.8. The molecule has 2 aromatic carbocycles. The van der Waals surface area contributed by atoms with Crippen molar-refractivity contribution in [3.05, 3.63) is 73.3 Å². The quantitative estimate of drug-likeness (QED) is 0.451. The van der Waals surface area contributed by atoms with Crippen molar-refractivity contribution in [1.29, 1.82) is 0 Å². The molecular formula is C23H19N5O3S. The normalized spacial score (nSPS) is 12.4. The van der Waals surface area contributed by atoms with Crippen LogP contribution in [0.25, 0.3) is 16.9 Å². The molecule has 4 aromatic rings. The van der Waals surface area contributed by atoms with Crippen molar-refractivity contribution in [2.45, 2.75) is 5.03 Å². The summed E-state index contributed by atoms with van der Waals surface area (Å²) in [6.07, 6.45) is 5.39. The van der Waals surface area contributed by atoms with Gasteiger partial charge >= 0.3 is 0 Å². The van der Waals surface area contributed by atoms with Crippen molar-refractivity contribution in [2.24, 2.45) is 0 Å². The lowest BCUT2D eigenvalue weighted by atomic mass is 10.1. The number of benzene rings is 2. The van der Waals surface area contributed by atoms with E-state index in [1.807, 2.05) is 47.2 Å². The number of aromatic nitrogens is 4. The number of anilines is 1. The topological polar surface area (TPSA) is 91.2 Å². The minimum Gasteiger partial charge on any atom is -0.486 e. The van der Waals surface area contributed by atoms with Gasteiger partial charge in [-0.05, 0) is 36.4 Å². The van der Waals surface area contributed by atoms with Gasteiger partial charge in [0.15, 0.2) is 11.5 Å². The molecule has 1 amide bonds. The predicted octanol–water partition coefficient (Wildman–Crippen LogP) is 3.83. The van der Waals surface area contributed by atoms with Gasteiger partial charge < -0.3 is 19.4 Å². The number of imidazole rings is 1.